The highest BCUT2D eigenvalue weighted by Gasteiger charge is 1.97. The summed E-state index contributed by atoms with van der Waals surface area (Å²) < 4.78 is 0. The molecule has 0 spiro atoms. The Morgan fingerprint density at radius 3 is 2.67 bits per heavy atom. The molecule has 70 valence electrons. The van der Waals surface area contributed by atoms with Gasteiger partial charge in [-0.15, -0.1) is 0 Å². The van der Waals surface area contributed by atoms with Crippen LogP contribution >= 0.6 is 12.2 Å². The second-order valence-electron chi connectivity index (χ2n) is 2.97. The van der Waals surface area contributed by atoms with Crippen molar-refractivity contribution in [2.45, 2.75) is 26.3 Å². The summed E-state index contributed by atoms with van der Waals surface area (Å²) in [5.41, 5.74) is 0. The zero-order chi connectivity index (χ0) is 9.56. The number of nitrogens with zero attached hydrogens (tertiary/aromatic N) is 2. The van der Waals surface area contributed by atoms with Gasteiger partial charge in [0.15, 0.2) is 5.11 Å². The molecule has 1 unspecified atom stereocenters. The quantitative estimate of drug-likeness (QED) is 0.409. The number of hydrogen-bond acceptors (Lipinski definition) is 1. The molecule has 1 N–H and O–H groups in total. The van der Waals surface area contributed by atoms with Crippen LogP contribution in [-0.4, -0.2) is 36.5 Å². The minimum Gasteiger partial charge on any atom is -0.369 e. The molecule has 1 atom stereocenters. The van der Waals surface area contributed by atoms with Crippen molar-refractivity contribution in [3.63, 3.8) is 0 Å². The number of aliphatic imine (C=N–C) groups is 1. The maximum absolute atomic E-state index is 4.98. The number of hydrogen-bond donors (Lipinski definition) is 1. The average Bonchev–Trinajstić information content (AvgIpc) is 2.00. The van der Waals surface area contributed by atoms with E-state index < -0.39 is 0 Å². The van der Waals surface area contributed by atoms with Gasteiger partial charge in [-0.2, -0.15) is 0 Å². The van der Waals surface area contributed by atoms with Crippen molar-refractivity contribution in [2.75, 3.05) is 14.1 Å². The second kappa shape index (κ2) is 5.94. The van der Waals surface area contributed by atoms with Gasteiger partial charge >= 0.3 is 0 Å². The Labute approximate surface area is 79.9 Å². The van der Waals surface area contributed by atoms with Crippen molar-refractivity contribution in [3.8, 4) is 0 Å². The lowest BCUT2D eigenvalue weighted by Crippen LogP contribution is -2.29. The molecule has 4 heteroatoms. The molecule has 0 aliphatic carbocycles. The molecule has 0 amide bonds. The first-order valence-corrected chi connectivity index (χ1v) is 4.48. The summed E-state index contributed by atoms with van der Waals surface area (Å²) in [7, 11) is 3.82. The molecule has 0 aromatic heterocycles. The Bertz CT molecular complexity index is 166. The largest absolute Gasteiger partial charge is 0.369 e. The van der Waals surface area contributed by atoms with Gasteiger partial charge in [0.1, 0.15) is 0 Å². The van der Waals surface area contributed by atoms with Crippen LogP contribution in [0.15, 0.2) is 4.99 Å². The van der Waals surface area contributed by atoms with Crippen molar-refractivity contribution in [1.82, 2.24) is 10.2 Å². The van der Waals surface area contributed by atoms with E-state index in [1.54, 1.807) is 6.34 Å². The first-order chi connectivity index (χ1) is 5.56. The highest BCUT2D eigenvalue weighted by molar-refractivity contribution is 7.80. The molecule has 0 aliphatic rings. The summed E-state index contributed by atoms with van der Waals surface area (Å²) >= 11 is 4.98. The van der Waals surface area contributed by atoms with Crippen LogP contribution < -0.4 is 5.32 Å². The summed E-state index contributed by atoms with van der Waals surface area (Å²) in [5, 5.41) is 3.65. The maximum atomic E-state index is 4.98. The Morgan fingerprint density at radius 2 is 2.25 bits per heavy atom. The molecule has 0 aromatic carbocycles. The van der Waals surface area contributed by atoms with E-state index in [1.807, 2.05) is 19.0 Å². The van der Waals surface area contributed by atoms with E-state index in [0.29, 0.717) is 11.2 Å². The van der Waals surface area contributed by atoms with E-state index in [-0.39, 0.29) is 0 Å². The normalized spacial score (nSPS) is 13.0. The molecule has 12 heavy (non-hydrogen) atoms. The highest BCUT2D eigenvalue weighted by Crippen LogP contribution is 1.88. The third-order valence-corrected chi connectivity index (χ3v) is 1.61. The Morgan fingerprint density at radius 1 is 1.67 bits per heavy atom. The van der Waals surface area contributed by atoms with E-state index in [2.05, 4.69) is 24.2 Å². The van der Waals surface area contributed by atoms with Crippen LogP contribution in [0.3, 0.4) is 0 Å². The van der Waals surface area contributed by atoms with Gasteiger partial charge in [0.25, 0.3) is 0 Å². The molecule has 0 aromatic rings. The molecular formula is C8H17N3S. The minimum atomic E-state index is 0.400. The van der Waals surface area contributed by atoms with E-state index >= 15 is 0 Å². The topological polar surface area (TPSA) is 27.6 Å². The predicted octanol–water partition coefficient (Wildman–Crippen LogP) is 1.25. The average molecular weight is 187 g/mol. The van der Waals surface area contributed by atoms with Crippen molar-refractivity contribution in [1.29, 1.82) is 0 Å². The first-order valence-electron chi connectivity index (χ1n) is 4.07. The van der Waals surface area contributed by atoms with E-state index in [1.165, 1.54) is 0 Å². The van der Waals surface area contributed by atoms with Gasteiger partial charge in [0.2, 0.25) is 0 Å². The van der Waals surface area contributed by atoms with Crippen molar-refractivity contribution >= 4 is 23.7 Å². The summed E-state index contributed by atoms with van der Waals surface area (Å²) in [4.78, 5) is 5.88. The van der Waals surface area contributed by atoms with Gasteiger partial charge in [0, 0.05) is 20.1 Å². The van der Waals surface area contributed by atoms with Crippen molar-refractivity contribution in [2.24, 2.45) is 4.99 Å². The smallest absolute Gasteiger partial charge is 0.194 e. The maximum Gasteiger partial charge on any atom is 0.194 e. The van der Waals surface area contributed by atoms with Gasteiger partial charge in [0.05, 0.1) is 6.34 Å². The standard InChI is InChI=1S/C8H17N3S/c1-5-7(2)10-8(12)9-6-11(3)4/h6-7H,5H2,1-4H3,(H,10,12)/b9-6+. The fourth-order valence-corrected chi connectivity index (χ4v) is 0.766. The van der Waals surface area contributed by atoms with Crippen LogP contribution in [0, 0.1) is 0 Å². The third kappa shape index (κ3) is 6.09. The molecule has 0 aliphatic heterocycles. The lowest BCUT2D eigenvalue weighted by Gasteiger charge is -2.10. The lowest BCUT2D eigenvalue weighted by atomic mass is 10.3. The Kier molecular flexibility index (Phi) is 5.62. The van der Waals surface area contributed by atoms with Gasteiger partial charge < -0.3 is 10.2 Å². The van der Waals surface area contributed by atoms with E-state index in [4.69, 9.17) is 12.2 Å². The molecule has 0 saturated heterocycles. The molecular weight excluding hydrogens is 170 g/mol. The van der Waals surface area contributed by atoms with Gasteiger partial charge in [-0.1, -0.05) is 6.92 Å². The zero-order valence-corrected chi connectivity index (χ0v) is 8.98. The van der Waals surface area contributed by atoms with Crippen LogP contribution in [0.25, 0.3) is 0 Å². The molecule has 0 heterocycles. The fourth-order valence-electron chi connectivity index (χ4n) is 0.518. The van der Waals surface area contributed by atoms with Gasteiger partial charge in [-0.25, -0.2) is 4.99 Å². The molecule has 0 fully saturated rings. The SMILES string of the molecule is CCC(C)NC(=S)/N=C/N(C)C. The first kappa shape index (κ1) is 11.4. The summed E-state index contributed by atoms with van der Waals surface area (Å²) in [5.74, 6) is 0. The van der Waals surface area contributed by atoms with Crippen LogP contribution in [0.2, 0.25) is 0 Å². The van der Waals surface area contributed by atoms with Crippen LogP contribution in [0.1, 0.15) is 20.3 Å². The monoisotopic (exact) mass is 187 g/mol. The highest BCUT2D eigenvalue weighted by atomic mass is 32.1. The minimum absolute atomic E-state index is 0.400. The van der Waals surface area contributed by atoms with E-state index in [9.17, 15) is 0 Å². The van der Waals surface area contributed by atoms with Crippen LogP contribution in [0.4, 0.5) is 0 Å². The van der Waals surface area contributed by atoms with Crippen molar-refractivity contribution in [3.05, 3.63) is 0 Å². The second-order valence-corrected chi connectivity index (χ2v) is 3.35. The molecule has 0 bridgehead atoms. The Balaban J connectivity index is 3.74. The zero-order valence-electron chi connectivity index (χ0n) is 8.16. The summed E-state index contributed by atoms with van der Waals surface area (Å²) in [6.07, 6.45) is 2.75. The Hall–Kier alpha value is -0.640. The summed E-state index contributed by atoms with van der Waals surface area (Å²) in [6, 6.07) is 0.400. The molecule has 0 radical (unpaired) electrons. The molecule has 0 rings (SSSR count). The van der Waals surface area contributed by atoms with Crippen LogP contribution in [0.5, 0.6) is 0 Å². The van der Waals surface area contributed by atoms with Gasteiger partial charge in [-0.05, 0) is 25.6 Å². The van der Waals surface area contributed by atoms with Gasteiger partial charge in [-0.3, -0.25) is 0 Å². The van der Waals surface area contributed by atoms with E-state index in [0.717, 1.165) is 6.42 Å². The summed E-state index contributed by atoms with van der Waals surface area (Å²) in [6.45, 7) is 4.19. The number of nitrogens with one attached hydrogen (secondary N) is 1. The number of thiocarbonyl (C=S) groups is 1. The third-order valence-electron chi connectivity index (χ3n) is 1.39. The van der Waals surface area contributed by atoms with Crippen molar-refractivity contribution < 1.29 is 0 Å². The number of rotatable bonds is 3. The fraction of sp³-hybridized carbons (Fsp3) is 0.750. The molecule has 0 saturated carbocycles. The molecule has 3 nitrogen and oxygen atoms in total. The van der Waals surface area contributed by atoms with Crippen LogP contribution in [-0.2, 0) is 0 Å². The lowest BCUT2D eigenvalue weighted by molar-refractivity contribution is 0.634. The predicted molar refractivity (Wildman–Crippen MR) is 57.7 cm³/mol.